The number of anilines is 2. The number of amides is 1. The molecule has 0 radical (unpaired) electrons. The van der Waals surface area contributed by atoms with Crippen LogP contribution in [-0.2, 0) is 11.2 Å². The molecule has 0 saturated heterocycles. The van der Waals surface area contributed by atoms with Crippen LogP contribution in [0.3, 0.4) is 0 Å². The molecule has 3 aromatic rings. The first-order valence-corrected chi connectivity index (χ1v) is 12.8. The molecule has 5 rings (SSSR count). The molecule has 1 aliphatic carbocycles. The summed E-state index contributed by atoms with van der Waals surface area (Å²) in [5.74, 6) is -0.490. The summed E-state index contributed by atoms with van der Waals surface area (Å²) < 4.78 is 11.4. The number of aromatic nitrogens is 4. The first-order valence-electron chi connectivity index (χ1n) is 12.8. The number of carbonyl (C=O) groups is 2. The molecule has 1 amide bonds. The lowest BCUT2D eigenvalue weighted by molar-refractivity contribution is -0.138. The van der Waals surface area contributed by atoms with Gasteiger partial charge in [0.2, 0.25) is 5.88 Å². The van der Waals surface area contributed by atoms with Crippen molar-refractivity contribution in [3.63, 3.8) is 0 Å². The lowest BCUT2D eigenvalue weighted by atomic mass is 9.79. The Morgan fingerprint density at radius 3 is 2.68 bits per heavy atom. The minimum absolute atomic E-state index is 0.0116. The molecule has 3 aromatic heterocycles. The summed E-state index contributed by atoms with van der Waals surface area (Å²) in [6.07, 6.45) is 7.79. The van der Waals surface area contributed by atoms with E-state index in [1.807, 2.05) is 30.3 Å². The fraction of sp³-hybridized carbons (Fsp3) is 0.407. The minimum Gasteiger partial charge on any atom is -0.481 e. The average molecular weight is 519 g/mol. The van der Waals surface area contributed by atoms with Crippen LogP contribution in [0.4, 0.5) is 11.5 Å². The molecule has 11 nitrogen and oxygen atoms in total. The number of carboxylic acids is 1. The monoisotopic (exact) mass is 518 g/mol. The summed E-state index contributed by atoms with van der Waals surface area (Å²) in [7, 11) is 0. The Balaban J connectivity index is 1.25. The van der Waals surface area contributed by atoms with Gasteiger partial charge in [-0.3, -0.25) is 19.6 Å². The fourth-order valence-electron chi connectivity index (χ4n) is 5.02. The number of nitrogens with zero attached hydrogens (tertiary/aromatic N) is 5. The van der Waals surface area contributed by atoms with Crippen LogP contribution in [0.15, 0.2) is 42.7 Å². The van der Waals surface area contributed by atoms with Gasteiger partial charge < -0.3 is 25.2 Å². The highest BCUT2D eigenvalue weighted by molar-refractivity contribution is 6.10. The van der Waals surface area contributed by atoms with Crippen molar-refractivity contribution in [2.45, 2.75) is 44.4 Å². The van der Waals surface area contributed by atoms with Crippen molar-refractivity contribution in [2.24, 2.45) is 5.92 Å². The van der Waals surface area contributed by atoms with Gasteiger partial charge in [-0.1, -0.05) is 6.07 Å². The molecule has 11 heteroatoms. The lowest BCUT2D eigenvalue weighted by Gasteiger charge is -2.27. The number of carboxylic acid groups (broad SMARTS) is 1. The van der Waals surface area contributed by atoms with Crippen LogP contribution in [0.5, 0.6) is 11.9 Å². The summed E-state index contributed by atoms with van der Waals surface area (Å²) in [4.78, 5) is 43.4. The molecular formula is C27H30N6O5. The van der Waals surface area contributed by atoms with Gasteiger partial charge in [0.25, 0.3) is 5.91 Å². The van der Waals surface area contributed by atoms with E-state index < -0.39 is 5.97 Å². The minimum atomic E-state index is -0.737. The Kier molecular flexibility index (Phi) is 7.62. The number of nitrogens with two attached hydrogens (primary N) is 1. The van der Waals surface area contributed by atoms with E-state index in [0.29, 0.717) is 25.3 Å². The number of nitrogen functional groups attached to an aromatic ring is 1. The SMILES string of the molecule is Nc1nc(OCCc2ccccn2)nc2c1C(=O)N(c1ccc(C3CCC(CC(=O)O)CC3)nc1)CCO2. The van der Waals surface area contributed by atoms with E-state index in [1.54, 1.807) is 17.3 Å². The van der Waals surface area contributed by atoms with Gasteiger partial charge in [0.15, 0.2) is 0 Å². The second kappa shape index (κ2) is 11.4. The van der Waals surface area contributed by atoms with Crippen molar-refractivity contribution in [3.05, 3.63) is 59.7 Å². The standard InChI is InChI=1S/C27H30N6O5/c28-24-23-25(32-27(31-24)38-13-10-19-3-1-2-11-29-19)37-14-12-33(26(23)36)20-8-9-21(30-16-20)18-6-4-17(5-7-18)15-22(34)35/h1-3,8-9,11,16-18H,4-7,10,12-15H2,(H,34,35)(H2,28,31,32). The maximum atomic E-state index is 13.4. The molecule has 3 N–H and O–H groups in total. The van der Waals surface area contributed by atoms with Crippen molar-refractivity contribution >= 4 is 23.4 Å². The third-order valence-corrected chi connectivity index (χ3v) is 7.02. The maximum Gasteiger partial charge on any atom is 0.321 e. The number of fused-ring (bicyclic) bond motifs is 1. The third kappa shape index (κ3) is 5.82. The highest BCUT2D eigenvalue weighted by atomic mass is 16.5. The predicted octanol–water partition coefficient (Wildman–Crippen LogP) is 3.26. The van der Waals surface area contributed by atoms with E-state index in [0.717, 1.165) is 37.1 Å². The topological polar surface area (TPSA) is 154 Å². The molecule has 0 aromatic carbocycles. The van der Waals surface area contributed by atoms with Gasteiger partial charge in [-0.25, -0.2) is 0 Å². The van der Waals surface area contributed by atoms with Crippen LogP contribution in [0.2, 0.25) is 0 Å². The van der Waals surface area contributed by atoms with Gasteiger partial charge in [-0.2, -0.15) is 9.97 Å². The molecule has 1 saturated carbocycles. The average Bonchev–Trinajstić information content (AvgIpc) is 3.08. The highest BCUT2D eigenvalue weighted by Gasteiger charge is 2.31. The van der Waals surface area contributed by atoms with Gasteiger partial charge >= 0.3 is 12.0 Å². The van der Waals surface area contributed by atoms with Gasteiger partial charge in [-0.05, 0) is 55.9 Å². The summed E-state index contributed by atoms with van der Waals surface area (Å²) in [6, 6.07) is 9.52. The Morgan fingerprint density at radius 2 is 1.97 bits per heavy atom. The van der Waals surface area contributed by atoms with Gasteiger partial charge in [0.05, 0.1) is 25.0 Å². The summed E-state index contributed by atoms with van der Waals surface area (Å²) in [6.45, 7) is 0.818. The normalized spacial score (nSPS) is 19.3. The quantitative estimate of drug-likeness (QED) is 0.454. The molecule has 0 bridgehead atoms. The van der Waals surface area contributed by atoms with Crippen LogP contribution in [0.1, 0.15) is 59.8 Å². The summed E-state index contributed by atoms with van der Waals surface area (Å²) >= 11 is 0. The molecule has 0 atom stereocenters. The van der Waals surface area contributed by atoms with Crippen molar-refractivity contribution in [2.75, 3.05) is 30.4 Å². The number of aliphatic carboxylic acids is 1. The van der Waals surface area contributed by atoms with Crippen molar-refractivity contribution in [1.82, 2.24) is 19.9 Å². The van der Waals surface area contributed by atoms with Crippen LogP contribution < -0.4 is 20.1 Å². The van der Waals surface area contributed by atoms with Crippen LogP contribution >= 0.6 is 0 Å². The van der Waals surface area contributed by atoms with Crippen LogP contribution in [0, 0.1) is 5.92 Å². The van der Waals surface area contributed by atoms with Gasteiger partial charge in [0.1, 0.15) is 18.0 Å². The van der Waals surface area contributed by atoms with Crippen molar-refractivity contribution in [1.29, 1.82) is 0 Å². The fourth-order valence-corrected chi connectivity index (χ4v) is 5.02. The molecule has 0 unspecified atom stereocenters. The zero-order chi connectivity index (χ0) is 26.5. The maximum absolute atomic E-state index is 13.4. The van der Waals surface area contributed by atoms with E-state index in [2.05, 4.69) is 19.9 Å². The van der Waals surface area contributed by atoms with E-state index >= 15 is 0 Å². The zero-order valence-corrected chi connectivity index (χ0v) is 21.0. The molecule has 198 valence electrons. The van der Waals surface area contributed by atoms with Gasteiger partial charge in [-0.15, -0.1) is 0 Å². The number of hydrogen-bond acceptors (Lipinski definition) is 9. The third-order valence-electron chi connectivity index (χ3n) is 7.02. The van der Waals surface area contributed by atoms with Gasteiger partial charge in [0, 0.05) is 36.3 Å². The molecular weight excluding hydrogens is 488 g/mol. The molecule has 1 aliphatic heterocycles. The smallest absolute Gasteiger partial charge is 0.321 e. The summed E-state index contributed by atoms with van der Waals surface area (Å²) in [5, 5.41) is 9.03. The number of carbonyl (C=O) groups excluding carboxylic acids is 1. The Hall–Kier alpha value is -4.28. The predicted molar refractivity (Wildman–Crippen MR) is 138 cm³/mol. The molecule has 2 aliphatic rings. The number of hydrogen-bond donors (Lipinski definition) is 2. The second-order valence-corrected chi connectivity index (χ2v) is 9.55. The second-order valence-electron chi connectivity index (χ2n) is 9.55. The molecule has 0 spiro atoms. The Bertz CT molecular complexity index is 1280. The Labute approximate surface area is 220 Å². The van der Waals surface area contributed by atoms with E-state index in [1.165, 1.54) is 0 Å². The largest absolute Gasteiger partial charge is 0.481 e. The first kappa shape index (κ1) is 25.4. The molecule has 1 fully saturated rings. The first-order chi connectivity index (χ1) is 18.5. The van der Waals surface area contributed by atoms with Crippen molar-refractivity contribution in [3.8, 4) is 11.9 Å². The van der Waals surface area contributed by atoms with E-state index in [9.17, 15) is 9.59 Å². The van der Waals surface area contributed by atoms with Crippen LogP contribution in [-0.4, -0.2) is 56.7 Å². The zero-order valence-electron chi connectivity index (χ0n) is 21.0. The van der Waals surface area contributed by atoms with E-state index in [-0.39, 0.29) is 54.0 Å². The number of pyridine rings is 2. The Morgan fingerprint density at radius 1 is 1.13 bits per heavy atom. The summed E-state index contributed by atoms with van der Waals surface area (Å²) in [5.41, 5.74) is 8.72. The van der Waals surface area contributed by atoms with E-state index in [4.69, 9.17) is 20.3 Å². The highest BCUT2D eigenvalue weighted by Crippen LogP contribution is 2.37. The molecule has 38 heavy (non-hydrogen) atoms. The lowest BCUT2D eigenvalue weighted by Crippen LogP contribution is -2.33. The van der Waals surface area contributed by atoms with Crippen molar-refractivity contribution < 1.29 is 24.2 Å². The molecule has 4 heterocycles. The number of rotatable bonds is 8. The van der Waals surface area contributed by atoms with Crippen LogP contribution in [0.25, 0.3) is 0 Å². The number of ether oxygens (including phenoxy) is 2.